The third-order valence-electron chi connectivity index (χ3n) is 5.89. The molecule has 1 aliphatic rings. The summed E-state index contributed by atoms with van der Waals surface area (Å²) in [6, 6.07) is 6.10. The Balaban J connectivity index is 1.63. The van der Waals surface area contributed by atoms with Gasteiger partial charge in [-0.3, -0.25) is 0 Å². The molecule has 1 saturated heterocycles. The van der Waals surface area contributed by atoms with Crippen LogP contribution in [0.25, 0.3) is 10.9 Å². The van der Waals surface area contributed by atoms with Crippen molar-refractivity contribution in [2.75, 3.05) is 23.3 Å². The number of hydrogen-bond donors (Lipinski definition) is 2. The van der Waals surface area contributed by atoms with Gasteiger partial charge in [-0.15, -0.1) is 0 Å². The first kappa shape index (κ1) is 21.3. The fourth-order valence-corrected chi connectivity index (χ4v) is 4.13. The van der Waals surface area contributed by atoms with Crippen molar-refractivity contribution in [1.29, 1.82) is 5.26 Å². The van der Waals surface area contributed by atoms with E-state index in [4.69, 9.17) is 11.6 Å². The average molecular weight is 440 g/mol. The van der Waals surface area contributed by atoms with E-state index in [0.717, 1.165) is 41.1 Å². The number of rotatable bonds is 4. The van der Waals surface area contributed by atoms with Crippen LogP contribution in [0.1, 0.15) is 39.3 Å². The van der Waals surface area contributed by atoms with Gasteiger partial charge in [0.05, 0.1) is 45.5 Å². The van der Waals surface area contributed by atoms with E-state index < -0.39 is 11.1 Å². The Morgan fingerprint density at radius 1 is 1.26 bits per heavy atom. The number of aromatic nitrogens is 4. The van der Waals surface area contributed by atoms with Gasteiger partial charge in [-0.1, -0.05) is 11.6 Å². The van der Waals surface area contributed by atoms with Crippen LogP contribution in [0.15, 0.2) is 24.5 Å². The fraction of sp³-hybridized carbons (Fsp3) is 0.455. The summed E-state index contributed by atoms with van der Waals surface area (Å²) in [7, 11) is 0. The predicted octanol–water partition coefficient (Wildman–Crippen LogP) is 4.14. The maximum Gasteiger partial charge on any atom is 0.227 e. The number of nitrogens with one attached hydrogen (secondary N) is 1. The molecule has 1 aliphatic heterocycles. The number of aliphatic hydroxyl groups is 1. The summed E-state index contributed by atoms with van der Waals surface area (Å²) in [5.41, 5.74) is 1.88. The summed E-state index contributed by atoms with van der Waals surface area (Å²) in [5.74, 6) is 0.444. The zero-order chi connectivity index (χ0) is 22.4. The van der Waals surface area contributed by atoms with Gasteiger partial charge in [0, 0.05) is 24.7 Å². The number of piperidine rings is 1. The fourth-order valence-electron chi connectivity index (χ4n) is 3.84. The number of nitrogens with zero attached hydrogens (tertiary/aromatic N) is 6. The van der Waals surface area contributed by atoms with E-state index in [0.29, 0.717) is 23.8 Å². The van der Waals surface area contributed by atoms with Crippen LogP contribution in [0.5, 0.6) is 0 Å². The predicted molar refractivity (Wildman–Crippen MR) is 122 cm³/mol. The Morgan fingerprint density at radius 2 is 1.97 bits per heavy atom. The largest absolute Gasteiger partial charge is 0.390 e. The quantitative estimate of drug-likeness (QED) is 0.629. The van der Waals surface area contributed by atoms with Gasteiger partial charge < -0.3 is 15.3 Å². The molecule has 0 saturated carbocycles. The van der Waals surface area contributed by atoms with E-state index in [1.54, 1.807) is 17.1 Å². The van der Waals surface area contributed by atoms with Crippen LogP contribution in [0.3, 0.4) is 0 Å². The minimum absolute atomic E-state index is 0.444. The van der Waals surface area contributed by atoms with Crippen LogP contribution < -0.4 is 10.2 Å². The summed E-state index contributed by atoms with van der Waals surface area (Å²) in [6.45, 7) is 8.88. The molecule has 1 fully saturated rings. The van der Waals surface area contributed by atoms with Crippen LogP contribution in [0.4, 0.5) is 17.3 Å². The van der Waals surface area contributed by atoms with Gasteiger partial charge in [0.15, 0.2) is 0 Å². The van der Waals surface area contributed by atoms with Gasteiger partial charge in [0.2, 0.25) is 5.95 Å². The lowest BCUT2D eigenvalue weighted by molar-refractivity contribution is 0.0351. The van der Waals surface area contributed by atoms with Crippen molar-refractivity contribution in [2.45, 2.75) is 51.7 Å². The van der Waals surface area contributed by atoms with Gasteiger partial charge in [-0.2, -0.15) is 10.4 Å². The molecule has 0 aliphatic carbocycles. The molecular formula is C22H26ClN7O. The molecule has 162 valence electrons. The summed E-state index contributed by atoms with van der Waals surface area (Å²) in [4.78, 5) is 11.3. The van der Waals surface area contributed by atoms with Gasteiger partial charge >= 0.3 is 0 Å². The molecule has 9 heteroatoms. The summed E-state index contributed by atoms with van der Waals surface area (Å²) in [6.07, 6.45) is 4.80. The Kier molecular flexibility index (Phi) is 5.28. The first-order valence-corrected chi connectivity index (χ1v) is 10.6. The van der Waals surface area contributed by atoms with Crippen LogP contribution in [-0.4, -0.2) is 43.5 Å². The molecule has 31 heavy (non-hydrogen) atoms. The van der Waals surface area contributed by atoms with Crippen LogP contribution >= 0.6 is 11.6 Å². The minimum Gasteiger partial charge on any atom is -0.390 e. The van der Waals surface area contributed by atoms with Crippen molar-refractivity contribution in [3.63, 3.8) is 0 Å². The first-order chi connectivity index (χ1) is 14.6. The smallest absolute Gasteiger partial charge is 0.227 e. The molecule has 0 radical (unpaired) electrons. The minimum atomic E-state index is -0.751. The van der Waals surface area contributed by atoms with Crippen molar-refractivity contribution in [3.05, 3.63) is 35.2 Å². The first-order valence-electron chi connectivity index (χ1n) is 10.3. The van der Waals surface area contributed by atoms with Crippen LogP contribution in [0, 0.1) is 18.3 Å². The Bertz CT molecular complexity index is 1170. The topological polar surface area (TPSA) is 103 Å². The SMILES string of the molecule is Cc1c(Nc2ncc3cc(Cl)c(N4CCC(C)(O)CC4)cc3n2)cnn1C(C)(C)C#N. The van der Waals surface area contributed by atoms with E-state index in [1.807, 2.05) is 39.8 Å². The molecule has 0 amide bonds. The number of fused-ring (bicyclic) bond motifs is 1. The lowest BCUT2D eigenvalue weighted by Crippen LogP contribution is -2.42. The Morgan fingerprint density at radius 3 is 2.65 bits per heavy atom. The maximum atomic E-state index is 10.2. The third kappa shape index (κ3) is 4.16. The number of benzene rings is 1. The molecule has 0 bridgehead atoms. The van der Waals surface area contributed by atoms with E-state index in [9.17, 15) is 10.4 Å². The van der Waals surface area contributed by atoms with E-state index in [2.05, 4.69) is 31.4 Å². The second kappa shape index (κ2) is 7.66. The molecule has 3 heterocycles. The van der Waals surface area contributed by atoms with Gasteiger partial charge in [-0.25, -0.2) is 14.6 Å². The van der Waals surface area contributed by atoms with Crippen LogP contribution in [0.2, 0.25) is 5.02 Å². The molecule has 2 N–H and O–H groups in total. The molecule has 4 rings (SSSR count). The number of halogens is 1. The Hall–Kier alpha value is -2.89. The van der Waals surface area contributed by atoms with Crippen molar-refractivity contribution in [2.24, 2.45) is 0 Å². The second-order valence-electron chi connectivity index (χ2n) is 8.89. The van der Waals surface area contributed by atoms with Crippen molar-refractivity contribution >= 4 is 39.8 Å². The Labute approximate surface area is 186 Å². The molecule has 3 aromatic rings. The summed E-state index contributed by atoms with van der Waals surface area (Å²) < 4.78 is 1.68. The highest BCUT2D eigenvalue weighted by molar-refractivity contribution is 6.34. The number of anilines is 3. The standard InChI is InChI=1S/C22H26ClN7O/c1-14-18(12-26-30(14)21(2,3)13-24)28-20-25-11-15-9-16(23)19(10-17(15)27-20)29-7-5-22(4,31)6-8-29/h9-12,31H,5-8H2,1-4H3,(H,25,27,28). The lowest BCUT2D eigenvalue weighted by Gasteiger charge is -2.37. The van der Waals surface area contributed by atoms with Gasteiger partial charge in [0.1, 0.15) is 5.54 Å². The second-order valence-corrected chi connectivity index (χ2v) is 9.30. The number of nitriles is 1. The molecule has 0 spiro atoms. The zero-order valence-electron chi connectivity index (χ0n) is 18.1. The molecule has 0 atom stereocenters. The van der Waals surface area contributed by atoms with E-state index in [1.165, 1.54) is 0 Å². The van der Waals surface area contributed by atoms with E-state index in [-0.39, 0.29) is 0 Å². The molecule has 1 aromatic carbocycles. The molecular weight excluding hydrogens is 414 g/mol. The van der Waals surface area contributed by atoms with Crippen molar-refractivity contribution in [1.82, 2.24) is 19.7 Å². The maximum absolute atomic E-state index is 10.2. The third-order valence-corrected chi connectivity index (χ3v) is 6.19. The van der Waals surface area contributed by atoms with Crippen molar-refractivity contribution < 1.29 is 5.11 Å². The number of hydrogen-bond acceptors (Lipinski definition) is 7. The molecule has 8 nitrogen and oxygen atoms in total. The van der Waals surface area contributed by atoms with E-state index >= 15 is 0 Å². The van der Waals surface area contributed by atoms with Crippen molar-refractivity contribution in [3.8, 4) is 6.07 Å². The zero-order valence-corrected chi connectivity index (χ0v) is 18.9. The summed E-state index contributed by atoms with van der Waals surface area (Å²) in [5, 5.41) is 28.7. The van der Waals surface area contributed by atoms with Gasteiger partial charge in [-0.05, 0) is 52.7 Å². The normalized spacial score (nSPS) is 16.4. The van der Waals surface area contributed by atoms with Crippen LogP contribution in [-0.2, 0) is 5.54 Å². The highest BCUT2D eigenvalue weighted by Gasteiger charge is 2.28. The highest BCUT2D eigenvalue weighted by Crippen LogP contribution is 2.34. The molecule has 2 aromatic heterocycles. The average Bonchev–Trinajstić information content (AvgIpc) is 3.09. The summed E-state index contributed by atoms with van der Waals surface area (Å²) >= 11 is 6.54. The monoisotopic (exact) mass is 439 g/mol. The lowest BCUT2D eigenvalue weighted by atomic mass is 9.93. The molecule has 0 unspecified atom stereocenters. The van der Waals surface area contributed by atoms with Gasteiger partial charge in [0.25, 0.3) is 0 Å². The highest BCUT2D eigenvalue weighted by atomic mass is 35.5.